The second-order valence-corrected chi connectivity index (χ2v) is 4.29. The Bertz CT molecular complexity index is 724. The van der Waals surface area contributed by atoms with E-state index in [1.54, 1.807) is 4.98 Å². The molecule has 1 aromatic rings. The Morgan fingerprint density at radius 1 is 1.30 bits per heavy atom. The van der Waals surface area contributed by atoms with Crippen LogP contribution >= 0.6 is 0 Å². The average molecular weight is 331 g/mol. The molecule has 0 radical (unpaired) electrons. The largest absolute Gasteiger partial charge is 0.469 e. The van der Waals surface area contributed by atoms with Gasteiger partial charge < -0.3 is 14.8 Å². The van der Waals surface area contributed by atoms with Crippen LogP contribution in [0.15, 0.2) is 15.8 Å². The molecular formula is C12H14FN3O7. The van der Waals surface area contributed by atoms with Crippen molar-refractivity contribution in [2.45, 2.75) is 19.0 Å². The lowest BCUT2D eigenvalue weighted by molar-refractivity contribution is -0.150. The van der Waals surface area contributed by atoms with Gasteiger partial charge in [0.05, 0.1) is 26.8 Å². The number of rotatable bonds is 6. The smallest absolute Gasteiger partial charge is 0.328 e. The highest BCUT2D eigenvalue weighted by atomic mass is 19.1. The minimum absolute atomic E-state index is 0.482. The van der Waals surface area contributed by atoms with Gasteiger partial charge in [0.25, 0.3) is 5.56 Å². The Labute approximate surface area is 128 Å². The van der Waals surface area contributed by atoms with E-state index in [0.29, 0.717) is 10.8 Å². The molecule has 0 aliphatic rings. The van der Waals surface area contributed by atoms with E-state index in [1.165, 1.54) is 0 Å². The predicted molar refractivity (Wildman–Crippen MR) is 71.9 cm³/mol. The number of aromatic nitrogens is 2. The van der Waals surface area contributed by atoms with E-state index < -0.39 is 53.9 Å². The van der Waals surface area contributed by atoms with Crippen LogP contribution in [0.1, 0.15) is 6.42 Å². The lowest BCUT2D eigenvalue weighted by Crippen LogP contribution is -2.45. The summed E-state index contributed by atoms with van der Waals surface area (Å²) in [6.07, 6.45) is 0.0675. The van der Waals surface area contributed by atoms with Crippen LogP contribution in [0.25, 0.3) is 0 Å². The Morgan fingerprint density at radius 2 is 1.96 bits per heavy atom. The normalized spacial score (nSPS) is 11.4. The SMILES string of the molecule is COC(=O)C[C@H](NC(=O)Cn1cc(F)c(=O)[nH]c1=O)C(=O)OC. The third kappa shape index (κ3) is 5.05. The highest BCUT2D eigenvalue weighted by molar-refractivity contribution is 5.87. The van der Waals surface area contributed by atoms with Gasteiger partial charge in [0.1, 0.15) is 12.6 Å². The van der Waals surface area contributed by atoms with E-state index >= 15 is 0 Å². The molecule has 1 atom stereocenters. The lowest BCUT2D eigenvalue weighted by atomic mass is 10.2. The Hall–Kier alpha value is -2.98. The predicted octanol–water partition coefficient (Wildman–Crippen LogP) is -2.10. The number of ether oxygens (including phenoxy) is 2. The Kier molecular flexibility index (Phi) is 6.18. The molecule has 1 rings (SSSR count). The molecule has 126 valence electrons. The number of H-pyrrole nitrogens is 1. The summed E-state index contributed by atoms with van der Waals surface area (Å²) in [6.45, 7) is -0.679. The second-order valence-electron chi connectivity index (χ2n) is 4.29. The zero-order valence-electron chi connectivity index (χ0n) is 12.3. The van der Waals surface area contributed by atoms with Gasteiger partial charge in [-0.05, 0) is 0 Å². The van der Waals surface area contributed by atoms with Crippen molar-refractivity contribution >= 4 is 17.8 Å². The first-order valence-corrected chi connectivity index (χ1v) is 6.21. The van der Waals surface area contributed by atoms with Crippen LogP contribution in [0.2, 0.25) is 0 Å². The molecule has 0 fully saturated rings. The average Bonchev–Trinajstić information content (AvgIpc) is 2.50. The summed E-state index contributed by atoms with van der Waals surface area (Å²) >= 11 is 0. The van der Waals surface area contributed by atoms with Gasteiger partial charge in [-0.1, -0.05) is 0 Å². The first-order valence-electron chi connectivity index (χ1n) is 6.21. The van der Waals surface area contributed by atoms with Crippen molar-refractivity contribution in [1.29, 1.82) is 0 Å². The minimum atomic E-state index is -1.33. The molecule has 0 saturated heterocycles. The van der Waals surface area contributed by atoms with Gasteiger partial charge in [-0.3, -0.25) is 23.9 Å². The molecule has 10 nitrogen and oxygen atoms in total. The monoisotopic (exact) mass is 331 g/mol. The van der Waals surface area contributed by atoms with Crippen LogP contribution in [-0.2, 0) is 30.4 Å². The van der Waals surface area contributed by atoms with Crippen LogP contribution in [0, 0.1) is 5.82 Å². The number of carbonyl (C=O) groups is 3. The number of hydrogen-bond acceptors (Lipinski definition) is 7. The van der Waals surface area contributed by atoms with Gasteiger partial charge in [0.2, 0.25) is 11.7 Å². The number of nitrogens with zero attached hydrogens (tertiary/aromatic N) is 1. The molecule has 1 amide bonds. The van der Waals surface area contributed by atoms with E-state index in [-0.39, 0.29) is 0 Å². The number of halogens is 1. The van der Waals surface area contributed by atoms with Crippen LogP contribution in [0.4, 0.5) is 4.39 Å². The van der Waals surface area contributed by atoms with Gasteiger partial charge in [-0.25, -0.2) is 9.59 Å². The Morgan fingerprint density at radius 3 is 2.52 bits per heavy atom. The van der Waals surface area contributed by atoms with Gasteiger partial charge >= 0.3 is 17.6 Å². The highest BCUT2D eigenvalue weighted by Gasteiger charge is 2.25. The third-order valence-corrected chi connectivity index (χ3v) is 2.70. The van der Waals surface area contributed by atoms with E-state index in [2.05, 4.69) is 14.8 Å². The fourth-order valence-corrected chi connectivity index (χ4v) is 1.58. The van der Waals surface area contributed by atoms with Crippen molar-refractivity contribution in [2.24, 2.45) is 0 Å². The van der Waals surface area contributed by atoms with E-state index in [1.807, 2.05) is 0 Å². The molecule has 11 heteroatoms. The van der Waals surface area contributed by atoms with Crippen molar-refractivity contribution in [2.75, 3.05) is 14.2 Å². The van der Waals surface area contributed by atoms with Crippen LogP contribution < -0.4 is 16.6 Å². The van der Waals surface area contributed by atoms with E-state index in [4.69, 9.17) is 0 Å². The standard InChI is InChI=1S/C12H14FN3O7/c1-22-9(18)3-7(11(20)23-2)14-8(17)5-16-4-6(13)10(19)15-12(16)21/h4,7H,3,5H2,1-2H3,(H,14,17)(H,15,19,21)/t7-/m0/s1. The van der Waals surface area contributed by atoms with Gasteiger partial charge in [0.15, 0.2) is 0 Å². The van der Waals surface area contributed by atoms with Gasteiger partial charge in [0, 0.05) is 0 Å². The molecule has 2 N–H and O–H groups in total. The maximum atomic E-state index is 13.1. The molecule has 0 aromatic carbocycles. The first kappa shape index (κ1) is 18.1. The number of hydrogen-bond donors (Lipinski definition) is 2. The van der Waals surface area contributed by atoms with Crippen molar-refractivity contribution in [3.63, 3.8) is 0 Å². The summed E-state index contributed by atoms with van der Waals surface area (Å²) < 4.78 is 22.5. The summed E-state index contributed by atoms with van der Waals surface area (Å²) in [5.41, 5.74) is -2.22. The summed E-state index contributed by atoms with van der Waals surface area (Å²) in [4.78, 5) is 58.5. The molecule has 0 saturated carbocycles. The Balaban J connectivity index is 2.85. The summed E-state index contributed by atoms with van der Waals surface area (Å²) in [5, 5.41) is 2.15. The topological polar surface area (TPSA) is 137 Å². The molecule has 1 aromatic heterocycles. The van der Waals surface area contributed by atoms with Crippen LogP contribution in [0.5, 0.6) is 0 Å². The van der Waals surface area contributed by atoms with Gasteiger partial charge in [-0.2, -0.15) is 4.39 Å². The second kappa shape index (κ2) is 7.87. The molecule has 0 aliphatic carbocycles. The maximum absolute atomic E-state index is 13.1. The van der Waals surface area contributed by atoms with Crippen molar-refractivity contribution in [1.82, 2.24) is 14.9 Å². The summed E-state index contributed by atoms with van der Waals surface area (Å²) in [6, 6.07) is -1.33. The zero-order valence-corrected chi connectivity index (χ0v) is 12.3. The van der Waals surface area contributed by atoms with Crippen LogP contribution in [0.3, 0.4) is 0 Å². The molecule has 0 bridgehead atoms. The number of esters is 2. The van der Waals surface area contributed by atoms with Crippen molar-refractivity contribution < 1.29 is 28.2 Å². The quantitative estimate of drug-likeness (QED) is 0.570. The highest BCUT2D eigenvalue weighted by Crippen LogP contribution is 1.98. The molecule has 0 unspecified atom stereocenters. The van der Waals surface area contributed by atoms with Gasteiger partial charge in [-0.15, -0.1) is 0 Å². The number of carbonyl (C=O) groups excluding carboxylic acids is 3. The van der Waals surface area contributed by atoms with Crippen molar-refractivity contribution in [3.05, 3.63) is 32.9 Å². The minimum Gasteiger partial charge on any atom is -0.469 e. The summed E-state index contributed by atoms with van der Waals surface area (Å²) in [5.74, 6) is -3.80. The molecule has 0 spiro atoms. The molecule has 1 heterocycles. The zero-order chi connectivity index (χ0) is 17.6. The first-order chi connectivity index (χ1) is 10.8. The lowest BCUT2D eigenvalue weighted by Gasteiger charge is -2.15. The number of aromatic amines is 1. The molecule has 23 heavy (non-hydrogen) atoms. The summed E-state index contributed by atoms with van der Waals surface area (Å²) in [7, 11) is 2.15. The maximum Gasteiger partial charge on any atom is 0.328 e. The number of methoxy groups -OCH3 is 2. The fraction of sp³-hybridized carbons (Fsp3) is 0.417. The number of amides is 1. The van der Waals surface area contributed by atoms with E-state index in [9.17, 15) is 28.4 Å². The molecule has 0 aliphatic heterocycles. The third-order valence-electron chi connectivity index (χ3n) is 2.70. The van der Waals surface area contributed by atoms with Crippen LogP contribution in [-0.4, -0.2) is 47.7 Å². The number of nitrogens with one attached hydrogen (secondary N) is 2. The molecular weight excluding hydrogens is 317 g/mol. The fourth-order valence-electron chi connectivity index (χ4n) is 1.58. The van der Waals surface area contributed by atoms with E-state index in [0.717, 1.165) is 14.2 Å². The van der Waals surface area contributed by atoms with Crippen molar-refractivity contribution in [3.8, 4) is 0 Å².